The molecule has 1 N–H and O–H groups in total. The smallest absolute Gasteiger partial charge is 0.243 e. The van der Waals surface area contributed by atoms with Crippen molar-refractivity contribution in [1.82, 2.24) is 9.62 Å². The Kier molecular flexibility index (Phi) is 6.23. The zero-order chi connectivity index (χ0) is 17.7. The van der Waals surface area contributed by atoms with Crippen molar-refractivity contribution in [2.75, 3.05) is 20.2 Å². The Morgan fingerprint density at radius 2 is 2.00 bits per heavy atom. The Hall–Kier alpha value is -1.60. The number of benzene rings is 1. The molecule has 6 nitrogen and oxygen atoms in total. The number of rotatable bonds is 7. The second-order valence-electron chi connectivity index (χ2n) is 6.17. The molecule has 2 rings (SSSR count). The summed E-state index contributed by atoms with van der Waals surface area (Å²) in [4.78, 5) is 12.2. The Bertz CT molecular complexity index is 682. The van der Waals surface area contributed by atoms with E-state index in [2.05, 4.69) is 5.32 Å². The standard InChI is InChI=1S/C17H26N2O4S/c1-4-23-16-10-9-15(11-13(16)2)24(21,22)19(3)12-17(20)18-14-7-5-6-8-14/h9-11,14H,4-8,12H2,1-3H3,(H,18,20). The van der Waals surface area contributed by atoms with Crippen LogP contribution in [0, 0.1) is 6.92 Å². The highest BCUT2D eigenvalue weighted by Gasteiger charge is 2.25. The summed E-state index contributed by atoms with van der Waals surface area (Å²) in [7, 11) is -2.28. The Morgan fingerprint density at radius 3 is 2.58 bits per heavy atom. The maximum atomic E-state index is 12.6. The number of hydrogen-bond acceptors (Lipinski definition) is 4. The third kappa shape index (κ3) is 4.48. The van der Waals surface area contributed by atoms with E-state index < -0.39 is 10.0 Å². The van der Waals surface area contributed by atoms with E-state index in [-0.39, 0.29) is 23.4 Å². The van der Waals surface area contributed by atoms with Gasteiger partial charge in [0.25, 0.3) is 0 Å². The van der Waals surface area contributed by atoms with E-state index in [0.29, 0.717) is 12.4 Å². The van der Waals surface area contributed by atoms with Crippen molar-refractivity contribution >= 4 is 15.9 Å². The number of amides is 1. The summed E-state index contributed by atoms with van der Waals surface area (Å²) < 4.78 is 31.8. The van der Waals surface area contributed by atoms with E-state index in [1.807, 2.05) is 6.92 Å². The van der Waals surface area contributed by atoms with Gasteiger partial charge < -0.3 is 10.1 Å². The van der Waals surface area contributed by atoms with Crippen LogP contribution in [-0.4, -0.2) is 44.9 Å². The zero-order valence-corrected chi connectivity index (χ0v) is 15.4. The fraction of sp³-hybridized carbons (Fsp3) is 0.588. The third-order valence-electron chi connectivity index (χ3n) is 4.24. The molecule has 7 heteroatoms. The molecule has 0 radical (unpaired) electrons. The summed E-state index contributed by atoms with van der Waals surface area (Å²) in [6, 6.07) is 4.92. The Labute approximate surface area is 144 Å². The minimum absolute atomic E-state index is 0.166. The van der Waals surface area contributed by atoms with E-state index in [4.69, 9.17) is 4.74 Å². The average Bonchev–Trinajstić information content (AvgIpc) is 3.02. The van der Waals surface area contributed by atoms with Crippen molar-refractivity contribution in [1.29, 1.82) is 0 Å². The minimum atomic E-state index is -3.70. The monoisotopic (exact) mass is 354 g/mol. The summed E-state index contributed by atoms with van der Waals surface area (Å²) in [6.07, 6.45) is 4.18. The van der Waals surface area contributed by atoms with Crippen molar-refractivity contribution in [3.8, 4) is 5.75 Å². The molecular weight excluding hydrogens is 328 g/mol. The molecule has 1 aliphatic carbocycles. The molecule has 0 spiro atoms. The summed E-state index contributed by atoms with van der Waals surface area (Å²) in [5.41, 5.74) is 0.752. The van der Waals surface area contributed by atoms with Crippen molar-refractivity contribution < 1.29 is 17.9 Å². The lowest BCUT2D eigenvalue weighted by Crippen LogP contribution is -2.41. The lowest BCUT2D eigenvalue weighted by Gasteiger charge is -2.19. The molecule has 1 aliphatic rings. The first-order valence-electron chi connectivity index (χ1n) is 8.33. The van der Waals surface area contributed by atoms with Crippen molar-refractivity contribution in [2.45, 2.75) is 50.5 Å². The van der Waals surface area contributed by atoms with Gasteiger partial charge in [-0.05, 0) is 50.5 Å². The van der Waals surface area contributed by atoms with Gasteiger partial charge in [-0.3, -0.25) is 4.79 Å². The molecule has 134 valence electrons. The predicted octanol–water partition coefficient (Wildman–Crippen LogP) is 2.07. The molecule has 1 amide bonds. The van der Waals surface area contributed by atoms with Gasteiger partial charge in [0.15, 0.2) is 0 Å². The molecule has 1 aromatic carbocycles. The molecule has 1 aromatic rings. The summed E-state index contributed by atoms with van der Waals surface area (Å²) >= 11 is 0. The number of nitrogens with zero attached hydrogens (tertiary/aromatic N) is 1. The first kappa shape index (κ1) is 18.7. The van der Waals surface area contributed by atoms with Gasteiger partial charge in [0.2, 0.25) is 15.9 Å². The number of aryl methyl sites for hydroxylation is 1. The van der Waals surface area contributed by atoms with E-state index in [9.17, 15) is 13.2 Å². The average molecular weight is 354 g/mol. The topological polar surface area (TPSA) is 75.7 Å². The molecule has 0 bridgehead atoms. The molecule has 0 atom stereocenters. The van der Waals surface area contributed by atoms with Crippen LogP contribution in [0.25, 0.3) is 0 Å². The van der Waals surface area contributed by atoms with E-state index in [1.54, 1.807) is 19.1 Å². The van der Waals surface area contributed by atoms with Crippen LogP contribution in [-0.2, 0) is 14.8 Å². The molecule has 0 aliphatic heterocycles. The Morgan fingerprint density at radius 1 is 1.33 bits per heavy atom. The molecule has 1 saturated carbocycles. The molecule has 1 fully saturated rings. The van der Waals surface area contributed by atoms with E-state index in [1.165, 1.54) is 13.1 Å². The minimum Gasteiger partial charge on any atom is -0.494 e. The van der Waals surface area contributed by atoms with Gasteiger partial charge in [0, 0.05) is 13.1 Å². The number of carbonyl (C=O) groups is 1. The third-order valence-corrected chi connectivity index (χ3v) is 6.04. The second-order valence-corrected chi connectivity index (χ2v) is 8.22. The van der Waals surface area contributed by atoms with E-state index >= 15 is 0 Å². The highest BCUT2D eigenvalue weighted by Crippen LogP contribution is 2.23. The molecule has 0 aromatic heterocycles. The zero-order valence-electron chi connectivity index (χ0n) is 14.5. The largest absolute Gasteiger partial charge is 0.494 e. The van der Waals surface area contributed by atoms with Crippen molar-refractivity contribution in [3.05, 3.63) is 23.8 Å². The SMILES string of the molecule is CCOc1ccc(S(=O)(=O)N(C)CC(=O)NC2CCCC2)cc1C. The number of ether oxygens (including phenoxy) is 1. The Balaban J connectivity index is 2.05. The van der Waals surface area contributed by atoms with Crippen LogP contribution in [0.2, 0.25) is 0 Å². The van der Waals surface area contributed by atoms with Gasteiger partial charge in [-0.15, -0.1) is 0 Å². The number of carbonyl (C=O) groups excluding carboxylic acids is 1. The quantitative estimate of drug-likeness (QED) is 0.813. The second kappa shape index (κ2) is 7.98. The predicted molar refractivity (Wildman–Crippen MR) is 92.6 cm³/mol. The highest BCUT2D eigenvalue weighted by atomic mass is 32.2. The normalized spacial score (nSPS) is 15.7. The first-order chi connectivity index (χ1) is 11.3. The van der Waals surface area contributed by atoms with E-state index in [0.717, 1.165) is 35.6 Å². The number of hydrogen-bond donors (Lipinski definition) is 1. The van der Waals surface area contributed by atoms with Crippen molar-refractivity contribution in [2.24, 2.45) is 0 Å². The molecular formula is C17H26N2O4S. The van der Waals surface area contributed by atoms with Gasteiger partial charge >= 0.3 is 0 Å². The number of sulfonamides is 1. The number of likely N-dealkylation sites (N-methyl/N-ethyl adjacent to an activating group) is 1. The van der Waals surface area contributed by atoms with Crippen LogP contribution in [0.15, 0.2) is 23.1 Å². The molecule has 0 unspecified atom stereocenters. The van der Waals surface area contributed by atoms with Gasteiger partial charge in [-0.2, -0.15) is 4.31 Å². The fourth-order valence-corrected chi connectivity index (χ4v) is 4.12. The van der Waals surface area contributed by atoms with Crippen LogP contribution in [0.5, 0.6) is 5.75 Å². The molecule has 0 heterocycles. The summed E-state index contributed by atoms with van der Waals surface area (Å²) in [6.45, 7) is 4.02. The van der Waals surface area contributed by atoms with Crippen LogP contribution in [0.4, 0.5) is 0 Å². The lowest BCUT2D eigenvalue weighted by molar-refractivity contribution is -0.121. The molecule has 24 heavy (non-hydrogen) atoms. The summed E-state index contributed by atoms with van der Waals surface area (Å²) in [5, 5.41) is 2.91. The van der Waals surface area contributed by atoms with Crippen molar-refractivity contribution in [3.63, 3.8) is 0 Å². The fourth-order valence-electron chi connectivity index (χ4n) is 2.91. The maximum absolute atomic E-state index is 12.6. The van der Waals surface area contributed by atoms with Crippen LogP contribution >= 0.6 is 0 Å². The van der Waals surface area contributed by atoms with Gasteiger partial charge in [0.1, 0.15) is 5.75 Å². The van der Waals surface area contributed by atoms with Crippen LogP contribution < -0.4 is 10.1 Å². The van der Waals surface area contributed by atoms with Gasteiger partial charge in [0.05, 0.1) is 18.0 Å². The first-order valence-corrected chi connectivity index (χ1v) is 9.77. The van der Waals surface area contributed by atoms with Gasteiger partial charge in [-0.25, -0.2) is 8.42 Å². The van der Waals surface area contributed by atoms with Crippen LogP contribution in [0.3, 0.4) is 0 Å². The van der Waals surface area contributed by atoms with Crippen LogP contribution in [0.1, 0.15) is 38.2 Å². The summed E-state index contributed by atoms with van der Waals surface area (Å²) in [5.74, 6) is 0.411. The highest BCUT2D eigenvalue weighted by molar-refractivity contribution is 7.89. The number of nitrogens with one attached hydrogen (secondary N) is 1. The lowest BCUT2D eigenvalue weighted by atomic mass is 10.2. The maximum Gasteiger partial charge on any atom is 0.243 e. The van der Waals surface area contributed by atoms with Gasteiger partial charge in [-0.1, -0.05) is 12.8 Å². The molecule has 0 saturated heterocycles.